The summed E-state index contributed by atoms with van der Waals surface area (Å²) in [6, 6.07) is 2.53. The molecular weight excluding hydrogens is 678 g/mol. The normalized spacial score (nSPS) is 32.5. The predicted octanol–water partition coefficient (Wildman–Crippen LogP) is 3.81. The van der Waals surface area contributed by atoms with Gasteiger partial charge in [-0.25, -0.2) is 9.59 Å². The lowest BCUT2D eigenvalue weighted by Gasteiger charge is -2.42. The highest BCUT2D eigenvalue weighted by atomic mass is 35.5. The maximum absolute atomic E-state index is 13.7. The largest absolute Gasteiger partial charge is 0.495 e. The Morgan fingerprint density at radius 2 is 1.98 bits per heavy atom. The summed E-state index contributed by atoms with van der Waals surface area (Å²) in [6.07, 6.45) is 1.02. The third-order valence-electron chi connectivity index (χ3n) is 9.42. The second kappa shape index (κ2) is 15.7. The molecule has 1 aromatic rings. The van der Waals surface area contributed by atoms with Crippen molar-refractivity contribution in [3.8, 4) is 5.75 Å². The molecule has 4 bridgehead atoms. The smallest absolute Gasteiger partial charge is 0.409 e. The number of hydrogen-bond donors (Lipinski definition) is 4. The highest BCUT2D eigenvalue weighted by Gasteiger charge is 2.64. The molecule has 2 fully saturated rings. The number of amides is 3. The van der Waals surface area contributed by atoms with E-state index >= 15 is 0 Å². The van der Waals surface area contributed by atoms with Gasteiger partial charge in [0.05, 0.1) is 25.3 Å². The number of allylic oxidation sites excluding steroid dienone is 3. The summed E-state index contributed by atoms with van der Waals surface area (Å²) in [5.41, 5.74) is -1.01. The minimum atomic E-state index is -1.82. The standard InChI is InChI=1S/C34H46ClN3O10S/c1-18-9-8-10-25(45-7)34(43)17-24(46-32(42)37-34)19(2)30-33(4,48-30)26(47-31(41)20(3)38(5)28(40)11-12-49)16-27(39)36-22-14-21(13-18)15-23(44-6)29(22)35/h8-10,14-15,19-20,24-26,30,43,49H,11-13,16-17H2,1-7H3,(H,36,39)(H,37,42)/b10-8+,18-9+. The maximum Gasteiger partial charge on any atom is 0.409 e. The minimum absolute atomic E-state index is 0.0501. The first-order valence-corrected chi connectivity index (χ1v) is 17.1. The quantitative estimate of drug-likeness (QED) is 0.185. The van der Waals surface area contributed by atoms with E-state index in [1.54, 1.807) is 38.1 Å². The first-order valence-electron chi connectivity index (χ1n) is 16.1. The predicted molar refractivity (Wildman–Crippen MR) is 185 cm³/mol. The van der Waals surface area contributed by atoms with Gasteiger partial charge in [-0.15, -0.1) is 0 Å². The second-order valence-electron chi connectivity index (χ2n) is 13.0. The molecule has 8 atom stereocenters. The van der Waals surface area contributed by atoms with Crippen LogP contribution in [-0.4, -0.2) is 103 Å². The number of likely N-dealkylation sites (N-methyl/N-ethyl adjacent to an activating group) is 1. The molecule has 15 heteroatoms. The average molecular weight is 724 g/mol. The maximum atomic E-state index is 13.7. The lowest BCUT2D eigenvalue weighted by molar-refractivity contribution is -0.161. The summed E-state index contributed by atoms with van der Waals surface area (Å²) in [5, 5.41) is 17.2. The molecule has 0 aromatic heterocycles. The number of halogens is 1. The lowest BCUT2D eigenvalue weighted by Crippen LogP contribution is -2.63. The molecule has 1 aromatic carbocycles. The molecule has 0 saturated carbocycles. The number of epoxide rings is 1. The molecule has 13 nitrogen and oxygen atoms in total. The monoisotopic (exact) mass is 723 g/mol. The van der Waals surface area contributed by atoms with Gasteiger partial charge in [0, 0.05) is 32.9 Å². The van der Waals surface area contributed by atoms with Crippen LogP contribution in [0.25, 0.3) is 0 Å². The van der Waals surface area contributed by atoms with E-state index in [0.29, 0.717) is 23.6 Å². The molecule has 3 amide bonds. The third kappa shape index (κ3) is 8.72. The summed E-state index contributed by atoms with van der Waals surface area (Å²) >= 11 is 10.7. The Labute approximate surface area is 297 Å². The fourth-order valence-corrected chi connectivity index (χ4v) is 6.72. The number of anilines is 1. The van der Waals surface area contributed by atoms with E-state index in [-0.39, 0.29) is 30.2 Å². The number of aliphatic hydroxyl groups is 1. The molecule has 2 saturated heterocycles. The summed E-state index contributed by atoms with van der Waals surface area (Å²) in [7, 11) is 4.39. The topological polar surface area (TPSA) is 165 Å². The summed E-state index contributed by atoms with van der Waals surface area (Å²) < 4.78 is 28.8. The number of fused-ring (bicyclic) bond motifs is 5. The van der Waals surface area contributed by atoms with Crippen LogP contribution in [0.1, 0.15) is 52.5 Å². The molecular formula is C34H46ClN3O10S. The Morgan fingerprint density at radius 3 is 2.63 bits per heavy atom. The molecule has 0 spiro atoms. The number of ether oxygens (including phenoxy) is 5. The first kappa shape index (κ1) is 38.5. The zero-order valence-corrected chi connectivity index (χ0v) is 30.4. The number of benzene rings is 1. The number of alkyl carbamates (subject to hydrolysis) is 1. The van der Waals surface area contributed by atoms with Crippen LogP contribution in [0.2, 0.25) is 5.02 Å². The number of hydrogen-bond acceptors (Lipinski definition) is 11. The molecule has 3 aliphatic heterocycles. The average Bonchev–Trinajstić information content (AvgIpc) is 3.74. The molecule has 270 valence electrons. The van der Waals surface area contributed by atoms with Crippen molar-refractivity contribution >= 4 is 53.8 Å². The molecule has 8 unspecified atom stereocenters. The fraction of sp³-hybridized carbons (Fsp3) is 0.588. The lowest BCUT2D eigenvalue weighted by atomic mass is 9.83. The minimum Gasteiger partial charge on any atom is -0.495 e. The van der Waals surface area contributed by atoms with E-state index in [4.69, 9.17) is 35.3 Å². The number of thiol groups is 1. The van der Waals surface area contributed by atoms with Crippen molar-refractivity contribution in [3.05, 3.63) is 46.5 Å². The molecule has 0 radical (unpaired) electrons. The third-order valence-corrected chi connectivity index (χ3v) is 10.0. The Hall–Kier alpha value is -3.30. The molecule has 4 rings (SSSR count). The number of nitrogens with one attached hydrogen (secondary N) is 2. The fourth-order valence-electron chi connectivity index (χ4n) is 6.29. The van der Waals surface area contributed by atoms with Crippen molar-refractivity contribution in [2.24, 2.45) is 5.92 Å². The van der Waals surface area contributed by atoms with Crippen LogP contribution in [-0.2, 0) is 39.8 Å². The Morgan fingerprint density at radius 1 is 1.27 bits per heavy atom. The molecule has 3 N–H and O–H groups in total. The number of carbonyl (C=O) groups excluding carboxylic acids is 4. The Balaban J connectivity index is 1.74. The van der Waals surface area contributed by atoms with Gasteiger partial charge >= 0.3 is 12.1 Å². The van der Waals surface area contributed by atoms with Gasteiger partial charge in [-0.1, -0.05) is 42.3 Å². The Kier molecular flexibility index (Phi) is 12.3. The van der Waals surface area contributed by atoms with Gasteiger partial charge in [-0.2, -0.15) is 12.6 Å². The van der Waals surface area contributed by atoms with Crippen molar-refractivity contribution in [2.75, 3.05) is 32.3 Å². The van der Waals surface area contributed by atoms with E-state index in [1.807, 2.05) is 13.0 Å². The van der Waals surface area contributed by atoms with Gasteiger partial charge in [0.25, 0.3) is 0 Å². The van der Waals surface area contributed by atoms with Crippen molar-refractivity contribution in [1.29, 1.82) is 0 Å². The van der Waals surface area contributed by atoms with Crippen LogP contribution in [0, 0.1) is 5.92 Å². The number of rotatable bonds is 7. The van der Waals surface area contributed by atoms with Crippen LogP contribution in [0.3, 0.4) is 0 Å². The van der Waals surface area contributed by atoms with Crippen LogP contribution in [0.4, 0.5) is 10.5 Å². The van der Waals surface area contributed by atoms with Crippen molar-refractivity contribution in [3.63, 3.8) is 0 Å². The first-order chi connectivity index (χ1) is 23.1. The molecule has 49 heavy (non-hydrogen) atoms. The summed E-state index contributed by atoms with van der Waals surface area (Å²) in [5.74, 6) is -1.42. The number of methoxy groups -OCH3 is 2. The molecule has 0 aliphatic carbocycles. The van der Waals surface area contributed by atoms with Gasteiger partial charge in [0.2, 0.25) is 11.8 Å². The summed E-state index contributed by atoms with van der Waals surface area (Å²) in [6.45, 7) is 6.92. The van der Waals surface area contributed by atoms with Gasteiger partial charge in [-0.05, 0) is 50.6 Å². The van der Waals surface area contributed by atoms with Crippen LogP contribution < -0.4 is 15.4 Å². The van der Waals surface area contributed by atoms with Gasteiger partial charge in [-0.3, -0.25) is 14.9 Å². The van der Waals surface area contributed by atoms with Crippen LogP contribution >= 0.6 is 24.2 Å². The van der Waals surface area contributed by atoms with Crippen LogP contribution in [0.5, 0.6) is 5.75 Å². The van der Waals surface area contributed by atoms with E-state index in [9.17, 15) is 24.3 Å². The number of esters is 1. The van der Waals surface area contributed by atoms with Crippen molar-refractivity contribution in [2.45, 2.75) is 95.2 Å². The number of carbonyl (C=O) groups is 4. The summed E-state index contributed by atoms with van der Waals surface area (Å²) in [4.78, 5) is 53.7. The highest BCUT2D eigenvalue weighted by Crippen LogP contribution is 2.49. The molecule has 3 heterocycles. The van der Waals surface area contributed by atoms with E-state index in [2.05, 4.69) is 23.3 Å². The van der Waals surface area contributed by atoms with E-state index < -0.39 is 65.7 Å². The SMILES string of the molecule is COc1cc2cc(c1Cl)NC(=O)CC(OC(=O)C(C)N(C)C(=O)CCS)C1(C)OC1C(C)C1CC(O)(NC(=O)O1)C(OC)/C=C/C=C(\C)C2. The Bertz CT molecular complexity index is 1510. The van der Waals surface area contributed by atoms with Gasteiger partial charge in [0.15, 0.2) is 5.72 Å². The number of nitrogens with zero attached hydrogens (tertiary/aromatic N) is 1. The van der Waals surface area contributed by atoms with Gasteiger partial charge < -0.3 is 39.0 Å². The van der Waals surface area contributed by atoms with E-state index in [1.165, 1.54) is 33.1 Å². The zero-order valence-electron chi connectivity index (χ0n) is 28.8. The highest BCUT2D eigenvalue weighted by molar-refractivity contribution is 7.80. The van der Waals surface area contributed by atoms with Crippen LogP contribution in [0.15, 0.2) is 35.9 Å². The second-order valence-corrected chi connectivity index (χ2v) is 13.8. The van der Waals surface area contributed by atoms with Gasteiger partial charge in [0.1, 0.15) is 40.7 Å². The van der Waals surface area contributed by atoms with Crippen molar-refractivity contribution < 1.29 is 48.0 Å². The zero-order chi connectivity index (χ0) is 36.3. The van der Waals surface area contributed by atoms with E-state index in [0.717, 1.165) is 11.1 Å². The molecule has 3 aliphatic rings. The van der Waals surface area contributed by atoms with Crippen molar-refractivity contribution in [1.82, 2.24) is 10.2 Å².